The minimum absolute atomic E-state index is 0.529. The van der Waals surface area contributed by atoms with Crippen molar-refractivity contribution in [3.8, 4) is 5.75 Å². The molecule has 0 aliphatic rings. The Balaban J connectivity index is 2.75. The zero-order valence-electron chi connectivity index (χ0n) is 7.50. The Labute approximate surface area is 96.3 Å². The third kappa shape index (κ3) is 3.00. The molecule has 4 heteroatoms. The van der Waals surface area contributed by atoms with Gasteiger partial charge >= 0.3 is 0 Å². The molecule has 1 rings (SSSR count). The van der Waals surface area contributed by atoms with Crippen molar-refractivity contribution in [1.29, 1.82) is 0 Å². The van der Waals surface area contributed by atoms with E-state index in [4.69, 9.17) is 16.3 Å². The number of carbonyl (C=O) groups is 1. The average molecular weight is 278 g/mol. The molecular formula is C10H10BrClO2. The molecule has 0 spiro atoms. The summed E-state index contributed by atoms with van der Waals surface area (Å²) < 4.78 is 6.15. The van der Waals surface area contributed by atoms with E-state index >= 15 is 0 Å². The fraction of sp³-hybridized carbons (Fsp3) is 0.300. The molecule has 0 heterocycles. The van der Waals surface area contributed by atoms with Crippen LogP contribution in [0.25, 0.3) is 0 Å². The van der Waals surface area contributed by atoms with E-state index in [9.17, 15) is 4.79 Å². The summed E-state index contributed by atoms with van der Waals surface area (Å²) in [6, 6.07) is 5.40. The van der Waals surface area contributed by atoms with Gasteiger partial charge in [-0.1, -0.05) is 6.07 Å². The molecule has 0 radical (unpaired) electrons. The summed E-state index contributed by atoms with van der Waals surface area (Å²) in [5.74, 6) is 1.16. The van der Waals surface area contributed by atoms with Crippen LogP contribution in [0.2, 0.25) is 0 Å². The first kappa shape index (κ1) is 11.5. The first-order valence-electron chi connectivity index (χ1n) is 4.22. The number of alkyl halides is 1. The third-order valence-electron chi connectivity index (χ3n) is 1.67. The number of hydrogen-bond donors (Lipinski definition) is 0. The van der Waals surface area contributed by atoms with Gasteiger partial charge in [-0.25, -0.2) is 0 Å². The molecular weight excluding hydrogens is 267 g/mol. The second-order valence-electron chi connectivity index (χ2n) is 2.66. The minimum Gasteiger partial charge on any atom is -0.493 e. The van der Waals surface area contributed by atoms with Crippen molar-refractivity contribution >= 4 is 33.8 Å². The lowest BCUT2D eigenvalue weighted by atomic mass is 10.2. The molecule has 2 nitrogen and oxygen atoms in total. The third-order valence-corrected chi connectivity index (χ3v) is 2.63. The first-order chi connectivity index (χ1) is 6.79. The lowest BCUT2D eigenvalue weighted by molar-refractivity contribution is 0.111. The van der Waals surface area contributed by atoms with E-state index in [0.717, 1.165) is 17.2 Å². The van der Waals surface area contributed by atoms with E-state index in [0.29, 0.717) is 23.8 Å². The molecule has 0 amide bonds. The zero-order valence-corrected chi connectivity index (χ0v) is 9.85. The van der Waals surface area contributed by atoms with Crippen LogP contribution in [0, 0.1) is 0 Å². The lowest BCUT2D eigenvalue weighted by Crippen LogP contribution is -2.00. The maximum absolute atomic E-state index is 10.7. The van der Waals surface area contributed by atoms with Gasteiger partial charge in [0, 0.05) is 10.4 Å². The summed E-state index contributed by atoms with van der Waals surface area (Å²) in [7, 11) is 0. The van der Waals surface area contributed by atoms with Gasteiger partial charge in [0.15, 0.2) is 6.29 Å². The van der Waals surface area contributed by atoms with E-state index in [-0.39, 0.29) is 0 Å². The van der Waals surface area contributed by atoms with Crippen LogP contribution < -0.4 is 4.74 Å². The lowest BCUT2D eigenvalue weighted by Gasteiger charge is -2.08. The average Bonchev–Trinajstić information content (AvgIpc) is 2.18. The Hall–Kier alpha value is -0.540. The van der Waals surface area contributed by atoms with Crippen LogP contribution in [0.3, 0.4) is 0 Å². The molecule has 0 atom stereocenters. The molecule has 1 aromatic carbocycles. The van der Waals surface area contributed by atoms with Crippen molar-refractivity contribution in [2.45, 2.75) is 6.42 Å². The van der Waals surface area contributed by atoms with E-state index in [2.05, 4.69) is 15.9 Å². The monoisotopic (exact) mass is 276 g/mol. The SMILES string of the molecule is O=Cc1c(Br)cccc1OCCCCl. The summed E-state index contributed by atoms with van der Waals surface area (Å²) in [6.45, 7) is 0.529. The molecule has 76 valence electrons. The Morgan fingerprint density at radius 2 is 2.29 bits per heavy atom. The molecule has 1 aromatic rings. The Bertz CT molecular complexity index is 315. The second kappa shape index (κ2) is 6.04. The molecule has 0 bridgehead atoms. The van der Waals surface area contributed by atoms with Crippen molar-refractivity contribution in [3.63, 3.8) is 0 Å². The number of benzene rings is 1. The fourth-order valence-electron chi connectivity index (χ4n) is 0.994. The van der Waals surface area contributed by atoms with Gasteiger partial charge in [-0.05, 0) is 34.5 Å². The molecule has 0 unspecified atom stereocenters. The second-order valence-corrected chi connectivity index (χ2v) is 3.89. The highest BCUT2D eigenvalue weighted by molar-refractivity contribution is 9.10. The van der Waals surface area contributed by atoms with Crippen LogP contribution in [0.1, 0.15) is 16.8 Å². The van der Waals surface area contributed by atoms with Crippen molar-refractivity contribution in [2.75, 3.05) is 12.5 Å². The van der Waals surface area contributed by atoms with Crippen LogP contribution in [0.5, 0.6) is 5.75 Å². The number of rotatable bonds is 5. The molecule has 0 aliphatic heterocycles. The first-order valence-corrected chi connectivity index (χ1v) is 5.54. The van der Waals surface area contributed by atoms with Crippen molar-refractivity contribution in [2.24, 2.45) is 0 Å². The summed E-state index contributed by atoms with van der Waals surface area (Å²) in [4.78, 5) is 10.7. The number of carbonyl (C=O) groups excluding carboxylic acids is 1. The summed E-state index contributed by atoms with van der Waals surface area (Å²) >= 11 is 8.79. The van der Waals surface area contributed by atoms with E-state index in [1.807, 2.05) is 6.07 Å². The Morgan fingerprint density at radius 1 is 1.50 bits per heavy atom. The van der Waals surface area contributed by atoms with E-state index < -0.39 is 0 Å². The number of halogens is 2. The molecule has 0 aromatic heterocycles. The molecule has 0 fully saturated rings. The van der Waals surface area contributed by atoms with Crippen LogP contribution in [-0.4, -0.2) is 18.8 Å². The van der Waals surface area contributed by atoms with Crippen LogP contribution in [0.4, 0.5) is 0 Å². The normalized spacial score (nSPS) is 9.86. The number of hydrogen-bond acceptors (Lipinski definition) is 2. The highest BCUT2D eigenvalue weighted by Crippen LogP contribution is 2.24. The highest BCUT2D eigenvalue weighted by Gasteiger charge is 2.05. The molecule has 0 aliphatic carbocycles. The Kier molecular flexibility index (Phi) is 4.98. The van der Waals surface area contributed by atoms with Gasteiger partial charge < -0.3 is 4.74 Å². The minimum atomic E-state index is 0.529. The smallest absolute Gasteiger partial charge is 0.154 e. The van der Waals surface area contributed by atoms with Gasteiger partial charge in [0.1, 0.15) is 5.75 Å². The number of ether oxygens (including phenoxy) is 1. The molecule has 0 saturated heterocycles. The zero-order chi connectivity index (χ0) is 10.4. The molecule has 0 N–H and O–H groups in total. The summed E-state index contributed by atoms with van der Waals surface area (Å²) in [5, 5.41) is 0. The van der Waals surface area contributed by atoms with Gasteiger partial charge in [0.25, 0.3) is 0 Å². The van der Waals surface area contributed by atoms with Gasteiger partial charge in [0.2, 0.25) is 0 Å². The largest absolute Gasteiger partial charge is 0.493 e. The van der Waals surface area contributed by atoms with Crippen molar-refractivity contribution in [1.82, 2.24) is 0 Å². The standard InChI is InChI=1S/C10H10BrClO2/c11-9-3-1-4-10(8(9)7-13)14-6-2-5-12/h1,3-4,7H,2,5-6H2. The highest BCUT2D eigenvalue weighted by atomic mass is 79.9. The van der Waals surface area contributed by atoms with Crippen molar-refractivity contribution < 1.29 is 9.53 Å². The van der Waals surface area contributed by atoms with Crippen LogP contribution in [-0.2, 0) is 0 Å². The maximum atomic E-state index is 10.7. The van der Waals surface area contributed by atoms with Gasteiger partial charge in [-0.15, -0.1) is 11.6 Å². The van der Waals surface area contributed by atoms with Gasteiger partial charge in [0.05, 0.1) is 12.2 Å². The van der Waals surface area contributed by atoms with E-state index in [1.165, 1.54) is 0 Å². The predicted molar refractivity (Wildman–Crippen MR) is 60.4 cm³/mol. The van der Waals surface area contributed by atoms with Crippen LogP contribution in [0.15, 0.2) is 22.7 Å². The fourth-order valence-corrected chi connectivity index (χ4v) is 1.54. The van der Waals surface area contributed by atoms with Gasteiger partial charge in [-0.2, -0.15) is 0 Å². The maximum Gasteiger partial charge on any atom is 0.154 e. The van der Waals surface area contributed by atoms with E-state index in [1.54, 1.807) is 12.1 Å². The van der Waals surface area contributed by atoms with Crippen LogP contribution >= 0.6 is 27.5 Å². The summed E-state index contributed by atoms with van der Waals surface area (Å²) in [6.07, 6.45) is 1.55. The van der Waals surface area contributed by atoms with Gasteiger partial charge in [-0.3, -0.25) is 4.79 Å². The summed E-state index contributed by atoms with van der Waals surface area (Å²) in [5.41, 5.74) is 0.544. The molecule has 14 heavy (non-hydrogen) atoms. The number of aldehydes is 1. The predicted octanol–water partition coefficient (Wildman–Crippen LogP) is 3.27. The quantitative estimate of drug-likeness (QED) is 0.469. The molecule has 0 saturated carbocycles. The topological polar surface area (TPSA) is 26.3 Å². The van der Waals surface area contributed by atoms with Crippen molar-refractivity contribution in [3.05, 3.63) is 28.2 Å². The Morgan fingerprint density at radius 3 is 2.93 bits per heavy atom.